The highest BCUT2D eigenvalue weighted by Gasteiger charge is 2.26. The van der Waals surface area contributed by atoms with Gasteiger partial charge in [0.05, 0.1) is 19.3 Å². The van der Waals surface area contributed by atoms with Crippen molar-refractivity contribution in [3.8, 4) is 0 Å². The summed E-state index contributed by atoms with van der Waals surface area (Å²) in [4.78, 5) is 27.0. The highest BCUT2D eigenvalue weighted by molar-refractivity contribution is 6.39. The van der Waals surface area contributed by atoms with E-state index in [9.17, 15) is 9.59 Å². The first kappa shape index (κ1) is 20.1. The minimum Gasteiger partial charge on any atom is -0.379 e. The Bertz CT molecular complexity index is 820. The van der Waals surface area contributed by atoms with E-state index in [2.05, 4.69) is 15.5 Å². The van der Waals surface area contributed by atoms with Crippen molar-refractivity contribution in [3.63, 3.8) is 0 Å². The van der Waals surface area contributed by atoms with Crippen molar-refractivity contribution in [2.24, 2.45) is 7.05 Å². The number of amides is 2. The largest absolute Gasteiger partial charge is 0.379 e. The molecule has 1 aliphatic heterocycles. The van der Waals surface area contributed by atoms with E-state index in [1.165, 1.54) is 0 Å². The maximum atomic E-state index is 12.4. The second-order valence-electron chi connectivity index (χ2n) is 7.25. The number of carbonyl (C=O) groups excluding carboxylic acids is 2. The molecular weight excluding hydrogens is 356 g/mol. The summed E-state index contributed by atoms with van der Waals surface area (Å²) in [5.41, 5.74) is 3.79. The number of nitrogens with one attached hydrogen (secondary N) is 2. The van der Waals surface area contributed by atoms with Crippen LogP contribution in [0.25, 0.3) is 0 Å². The van der Waals surface area contributed by atoms with Crippen LogP contribution in [0.1, 0.15) is 22.9 Å². The Balaban J connectivity index is 1.64. The van der Waals surface area contributed by atoms with Crippen molar-refractivity contribution in [3.05, 3.63) is 53.3 Å². The molecule has 150 valence electrons. The molecule has 1 aromatic heterocycles. The van der Waals surface area contributed by atoms with Crippen molar-refractivity contribution < 1.29 is 14.3 Å². The predicted octanol–water partition coefficient (Wildman–Crippen LogP) is 1.77. The topological polar surface area (TPSA) is 75.6 Å². The van der Waals surface area contributed by atoms with Gasteiger partial charge in [0.2, 0.25) is 0 Å². The molecule has 0 aliphatic carbocycles. The van der Waals surface area contributed by atoms with Gasteiger partial charge >= 0.3 is 11.8 Å². The minimum atomic E-state index is -0.655. The average Bonchev–Trinajstić information content (AvgIpc) is 3.07. The second kappa shape index (κ2) is 9.03. The third-order valence-corrected chi connectivity index (χ3v) is 4.95. The zero-order valence-corrected chi connectivity index (χ0v) is 16.7. The fourth-order valence-corrected chi connectivity index (χ4v) is 3.63. The predicted molar refractivity (Wildman–Crippen MR) is 108 cm³/mol. The number of hydrogen-bond acceptors (Lipinski definition) is 4. The fourth-order valence-electron chi connectivity index (χ4n) is 3.63. The molecule has 0 saturated carbocycles. The van der Waals surface area contributed by atoms with Crippen molar-refractivity contribution in [2.45, 2.75) is 19.9 Å². The van der Waals surface area contributed by atoms with Crippen LogP contribution in [0.5, 0.6) is 0 Å². The molecule has 2 aromatic rings. The van der Waals surface area contributed by atoms with Gasteiger partial charge in [-0.2, -0.15) is 0 Å². The molecule has 0 spiro atoms. The first-order valence-corrected chi connectivity index (χ1v) is 9.54. The smallest absolute Gasteiger partial charge is 0.313 e. The maximum absolute atomic E-state index is 12.4. The van der Waals surface area contributed by atoms with Gasteiger partial charge in [-0.3, -0.25) is 14.5 Å². The van der Waals surface area contributed by atoms with Crippen molar-refractivity contribution >= 4 is 17.5 Å². The third-order valence-electron chi connectivity index (χ3n) is 4.95. The van der Waals surface area contributed by atoms with E-state index in [-0.39, 0.29) is 6.04 Å². The average molecular weight is 384 g/mol. The summed E-state index contributed by atoms with van der Waals surface area (Å²) in [5.74, 6) is -1.29. The summed E-state index contributed by atoms with van der Waals surface area (Å²) >= 11 is 0. The number of carbonyl (C=O) groups is 2. The van der Waals surface area contributed by atoms with Gasteiger partial charge in [0, 0.05) is 44.3 Å². The van der Waals surface area contributed by atoms with Crippen molar-refractivity contribution in [1.82, 2.24) is 14.8 Å². The zero-order valence-electron chi connectivity index (χ0n) is 16.7. The Kier molecular flexibility index (Phi) is 6.49. The van der Waals surface area contributed by atoms with Crippen LogP contribution in [-0.4, -0.2) is 54.1 Å². The van der Waals surface area contributed by atoms with E-state index in [4.69, 9.17) is 4.74 Å². The first-order valence-electron chi connectivity index (χ1n) is 9.54. The fraction of sp³-hybridized carbons (Fsp3) is 0.429. The summed E-state index contributed by atoms with van der Waals surface area (Å²) in [7, 11) is 1.98. The van der Waals surface area contributed by atoms with Gasteiger partial charge in [-0.1, -0.05) is 6.07 Å². The molecule has 3 rings (SSSR count). The van der Waals surface area contributed by atoms with Crippen LogP contribution >= 0.6 is 0 Å². The van der Waals surface area contributed by atoms with Gasteiger partial charge in [-0.15, -0.1) is 0 Å². The monoisotopic (exact) mass is 384 g/mol. The van der Waals surface area contributed by atoms with E-state index in [1.807, 2.05) is 62.0 Å². The van der Waals surface area contributed by atoms with Gasteiger partial charge in [0.25, 0.3) is 0 Å². The van der Waals surface area contributed by atoms with Gasteiger partial charge in [0.1, 0.15) is 0 Å². The van der Waals surface area contributed by atoms with Gasteiger partial charge in [-0.05, 0) is 49.2 Å². The van der Waals surface area contributed by atoms with Crippen molar-refractivity contribution in [1.29, 1.82) is 0 Å². The number of morpholine rings is 1. The maximum Gasteiger partial charge on any atom is 0.313 e. The van der Waals surface area contributed by atoms with Crippen LogP contribution in [0.2, 0.25) is 0 Å². The molecule has 0 bridgehead atoms. The zero-order chi connectivity index (χ0) is 20.1. The van der Waals surface area contributed by atoms with E-state index < -0.39 is 11.8 Å². The van der Waals surface area contributed by atoms with Gasteiger partial charge in [0.15, 0.2) is 0 Å². The first-order chi connectivity index (χ1) is 13.4. The Hall–Kier alpha value is -2.64. The van der Waals surface area contributed by atoms with Gasteiger partial charge < -0.3 is 19.9 Å². The van der Waals surface area contributed by atoms with Crippen LogP contribution in [0, 0.1) is 13.8 Å². The molecule has 0 radical (unpaired) electrons. The van der Waals surface area contributed by atoms with E-state index in [0.29, 0.717) is 25.4 Å². The minimum absolute atomic E-state index is 0.0122. The molecule has 2 heterocycles. The molecule has 1 atom stereocenters. The summed E-state index contributed by atoms with van der Waals surface area (Å²) in [6, 6.07) is 9.72. The number of aromatic nitrogens is 1. The number of benzene rings is 1. The number of hydrogen-bond donors (Lipinski definition) is 2. The third kappa shape index (κ3) is 4.99. The molecular formula is C21H28N4O3. The molecule has 1 saturated heterocycles. The van der Waals surface area contributed by atoms with Gasteiger partial charge in [-0.25, -0.2) is 0 Å². The lowest BCUT2D eigenvalue weighted by atomic mass is 10.1. The number of ether oxygens (including phenoxy) is 1. The highest BCUT2D eigenvalue weighted by Crippen LogP contribution is 2.21. The van der Waals surface area contributed by atoms with E-state index in [0.717, 1.165) is 29.9 Å². The van der Waals surface area contributed by atoms with Crippen LogP contribution in [0.15, 0.2) is 36.5 Å². The lowest BCUT2D eigenvalue weighted by molar-refractivity contribution is -0.136. The summed E-state index contributed by atoms with van der Waals surface area (Å²) in [6.07, 6.45) is 1.98. The molecule has 1 aromatic carbocycles. The lowest BCUT2D eigenvalue weighted by Crippen LogP contribution is -2.46. The van der Waals surface area contributed by atoms with Crippen LogP contribution in [0.3, 0.4) is 0 Å². The second-order valence-corrected chi connectivity index (χ2v) is 7.25. The number of nitrogens with zero attached hydrogens (tertiary/aromatic N) is 2. The summed E-state index contributed by atoms with van der Waals surface area (Å²) in [6.45, 7) is 7.19. The lowest BCUT2D eigenvalue weighted by Gasteiger charge is -2.34. The number of anilines is 1. The molecule has 7 heteroatoms. The molecule has 1 fully saturated rings. The highest BCUT2D eigenvalue weighted by atomic mass is 16.5. The van der Waals surface area contributed by atoms with Crippen LogP contribution in [-0.2, 0) is 21.4 Å². The number of aryl methyl sites for hydroxylation is 3. The summed E-state index contributed by atoms with van der Waals surface area (Å²) < 4.78 is 7.49. The Morgan fingerprint density at radius 3 is 2.39 bits per heavy atom. The van der Waals surface area contributed by atoms with Crippen LogP contribution < -0.4 is 10.6 Å². The standard InChI is InChI=1S/C21H28N4O3/c1-15-11-16(2)13-17(12-15)23-21(27)20(26)22-14-19(18-5-4-6-24(18)3)25-7-9-28-10-8-25/h4-6,11-13,19H,7-10,14H2,1-3H3,(H,22,26)(H,23,27). The van der Waals surface area contributed by atoms with E-state index in [1.54, 1.807) is 0 Å². The molecule has 1 aliphatic rings. The van der Waals surface area contributed by atoms with Crippen LogP contribution in [0.4, 0.5) is 5.69 Å². The molecule has 7 nitrogen and oxygen atoms in total. The normalized spacial score (nSPS) is 15.8. The quantitative estimate of drug-likeness (QED) is 0.771. The Morgan fingerprint density at radius 1 is 1.11 bits per heavy atom. The number of rotatable bonds is 5. The molecule has 2 N–H and O–H groups in total. The molecule has 28 heavy (non-hydrogen) atoms. The van der Waals surface area contributed by atoms with E-state index >= 15 is 0 Å². The van der Waals surface area contributed by atoms with Crippen molar-refractivity contribution in [2.75, 3.05) is 38.2 Å². The Morgan fingerprint density at radius 2 is 1.79 bits per heavy atom. The SMILES string of the molecule is Cc1cc(C)cc(NC(=O)C(=O)NCC(c2cccn2C)N2CCOCC2)c1. The molecule has 2 amide bonds. The Labute approximate surface area is 165 Å². The summed E-state index contributed by atoms with van der Waals surface area (Å²) in [5, 5.41) is 5.48. The molecule has 1 unspecified atom stereocenters.